The highest BCUT2D eigenvalue weighted by Crippen LogP contribution is 2.54. The van der Waals surface area contributed by atoms with Crippen molar-refractivity contribution >= 4 is 45.8 Å². The van der Waals surface area contributed by atoms with Crippen LogP contribution in [0.15, 0.2) is 24.3 Å². The van der Waals surface area contributed by atoms with Crippen LogP contribution in [0.5, 0.6) is 0 Å². The number of aryl methyl sites for hydroxylation is 1. The normalized spacial score (nSPS) is 22.3. The molecule has 1 spiro atoms. The fourth-order valence-corrected chi connectivity index (χ4v) is 6.45. The molecule has 2 aromatic rings. The van der Waals surface area contributed by atoms with Gasteiger partial charge in [-0.2, -0.15) is 0 Å². The van der Waals surface area contributed by atoms with E-state index >= 15 is 0 Å². The molecule has 2 aliphatic heterocycles. The van der Waals surface area contributed by atoms with E-state index in [1.165, 1.54) is 31.2 Å². The van der Waals surface area contributed by atoms with Crippen molar-refractivity contribution in [1.29, 1.82) is 0 Å². The maximum absolute atomic E-state index is 13.8. The predicted octanol–water partition coefficient (Wildman–Crippen LogP) is 6.04. The van der Waals surface area contributed by atoms with Gasteiger partial charge >= 0.3 is 0 Å². The molecule has 1 amide bonds. The second-order valence-corrected chi connectivity index (χ2v) is 12.0. The zero-order valence-corrected chi connectivity index (χ0v) is 22.0. The van der Waals surface area contributed by atoms with Gasteiger partial charge in [0, 0.05) is 42.6 Å². The number of alkyl halides is 2. The minimum absolute atomic E-state index is 0.150. The lowest BCUT2D eigenvalue weighted by Gasteiger charge is -2.35. The van der Waals surface area contributed by atoms with E-state index in [4.69, 9.17) is 4.98 Å². The van der Waals surface area contributed by atoms with Crippen LogP contribution in [-0.2, 0) is 12.8 Å². The number of anilines is 3. The molecule has 5 nitrogen and oxygen atoms in total. The molecule has 0 radical (unpaired) electrons. The molecule has 0 atom stereocenters. The van der Waals surface area contributed by atoms with E-state index in [1.54, 1.807) is 0 Å². The number of nitrogens with one attached hydrogen (secondary N) is 1. The number of hydrogen-bond acceptors (Lipinski definition) is 4. The van der Waals surface area contributed by atoms with Gasteiger partial charge in [-0.1, -0.05) is 0 Å². The molecular formula is C27H31F2IN4O. The van der Waals surface area contributed by atoms with Crippen LogP contribution in [0.3, 0.4) is 0 Å². The Kier molecular flexibility index (Phi) is 5.92. The summed E-state index contributed by atoms with van der Waals surface area (Å²) >= 11 is 2.31. The summed E-state index contributed by atoms with van der Waals surface area (Å²) in [6.45, 7) is 2.56. The smallest absolute Gasteiger partial charge is 0.258 e. The van der Waals surface area contributed by atoms with Crippen molar-refractivity contribution in [3.05, 3.63) is 44.5 Å². The largest absolute Gasteiger partial charge is 0.371 e. The number of hydrogen-bond donors (Lipinski definition) is 1. The lowest BCUT2D eigenvalue weighted by molar-refractivity contribution is -0.0221. The number of rotatable bonds is 4. The van der Waals surface area contributed by atoms with Crippen molar-refractivity contribution in [3.8, 4) is 0 Å². The third kappa shape index (κ3) is 4.74. The Hall–Kier alpha value is -1.97. The Morgan fingerprint density at radius 1 is 0.943 bits per heavy atom. The SMILES string of the molecule is O=C(Nc1cc2c(c(N3CCC(F)(F)CC3)n1)CCC2)c1ccc(I)cc1N1CCC2(CC1)CC2. The van der Waals surface area contributed by atoms with Crippen molar-refractivity contribution in [2.45, 2.75) is 63.7 Å². The van der Waals surface area contributed by atoms with Gasteiger partial charge in [-0.25, -0.2) is 13.8 Å². The first kappa shape index (κ1) is 23.4. The van der Waals surface area contributed by atoms with Crippen LogP contribution in [0.4, 0.5) is 26.1 Å². The van der Waals surface area contributed by atoms with Gasteiger partial charge in [0.25, 0.3) is 11.8 Å². The fourth-order valence-electron chi connectivity index (χ4n) is 5.97. The van der Waals surface area contributed by atoms with E-state index in [9.17, 15) is 13.6 Å². The number of pyridine rings is 1. The average Bonchev–Trinajstić information content (AvgIpc) is 3.41. The molecule has 1 saturated carbocycles. The molecule has 1 aromatic carbocycles. The number of carbonyl (C=O) groups is 1. The Morgan fingerprint density at radius 2 is 1.66 bits per heavy atom. The minimum Gasteiger partial charge on any atom is -0.371 e. The van der Waals surface area contributed by atoms with E-state index in [0.29, 0.717) is 29.9 Å². The highest BCUT2D eigenvalue weighted by molar-refractivity contribution is 14.1. The summed E-state index contributed by atoms with van der Waals surface area (Å²) in [6, 6.07) is 7.97. The number of amides is 1. The Labute approximate surface area is 218 Å². The summed E-state index contributed by atoms with van der Waals surface area (Å²) in [5.74, 6) is -1.47. The van der Waals surface area contributed by atoms with Crippen LogP contribution < -0.4 is 15.1 Å². The number of piperidine rings is 2. The monoisotopic (exact) mass is 592 g/mol. The highest BCUT2D eigenvalue weighted by atomic mass is 127. The maximum Gasteiger partial charge on any atom is 0.258 e. The molecule has 3 fully saturated rings. The maximum atomic E-state index is 13.8. The topological polar surface area (TPSA) is 48.5 Å². The van der Waals surface area contributed by atoms with E-state index < -0.39 is 5.92 Å². The highest BCUT2D eigenvalue weighted by Gasteiger charge is 2.44. The van der Waals surface area contributed by atoms with Crippen molar-refractivity contribution in [1.82, 2.24) is 4.98 Å². The number of nitrogens with zero attached hydrogens (tertiary/aromatic N) is 3. The third-order valence-corrected chi connectivity index (χ3v) is 9.10. The second-order valence-electron chi connectivity index (χ2n) is 10.8. The molecule has 1 aromatic heterocycles. The average molecular weight is 592 g/mol. The first-order valence-electron chi connectivity index (χ1n) is 12.8. The van der Waals surface area contributed by atoms with Gasteiger partial charge in [0.15, 0.2) is 0 Å². The van der Waals surface area contributed by atoms with Crippen LogP contribution in [0.2, 0.25) is 0 Å². The Balaban J connectivity index is 1.25. The molecule has 8 heteroatoms. The molecule has 2 saturated heterocycles. The molecule has 35 heavy (non-hydrogen) atoms. The van der Waals surface area contributed by atoms with Crippen LogP contribution in [0, 0.1) is 8.99 Å². The summed E-state index contributed by atoms with van der Waals surface area (Å²) in [5, 5.41) is 3.06. The summed E-state index contributed by atoms with van der Waals surface area (Å²) in [6.07, 6.45) is 7.67. The minimum atomic E-state index is -2.60. The van der Waals surface area contributed by atoms with Gasteiger partial charge < -0.3 is 15.1 Å². The van der Waals surface area contributed by atoms with Gasteiger partial charge in [-0.05, 0) is 108 Å². The number of halogens is 3. The third-order valence-electron chi connectivity index (χ3n) is 8.43. The summed E-state index contributed by atoms with van der Waals surface area (Å²) in [5.41, 5.74) is 4.56. The lowest BCUT2D eigenvalue weighted by atomic mass is 9.93. The van der Waals surface area contributed by atoms with E-state index in [2.05, 4.69) is 38.9 Å². The van der Waals surface area contributed by atoms with E-state index in [0.717, 1.165) is 53.0 Å². The molecule has 4 aliphatic rings. The van der Waals surface area contributed by atoms with Gasteiger partial charge in [-0.15, -0.1) is 0 Å². The lowest BCUT2D eigenvalue weighted by Crippen LogP contribution is -2.40. The summed E-state index contributed by atoms with van der Waals surface area (Å²) < 4.78 is 28.6. The molecule has 3 heterocycles. The fraction of sp³-hybridized carbons (Fsp3) is 0.556. The van der Waals surface area contributed by atoms with E-state index in [1.807, 2.05) is 23.1 Å². The van der Waals surface area contributed by atoms with Crippen molar-refractivity contribution in [2.24, 2.45) is 5.41 Å². The van der Waals surface area contributed by atoms with Gasteiger partial charge in [-0.3, -0.25) is 4.79 Å². The molecule has 2 aliphatic carbocycles. The van der Waals surface area contributed by atoms with Crippen LogP contribution in [-0.4, -0.2) is 43.0 Å². The zero-order valence-electron chi connectivity index (χ0n) is 19.9. The van der Waals surface area contributed by atoms with Gasteiger partial charge in [0.1, 0.15) is 11.6 Å². The standard InChI is InChI=1S/C27H31F2IN4O/c28-27(29)10-14-34(15-11-27)24-20-3-1-2-18(20)16-23(31-24)32-25(35)21-5-4-19(30)17-22(21)33-12-8-26(6-7-26)9-13-33/h4-5,16-17H,1-3,6-15H2,(H,31,32,35). The van der Waals surface area contributed by atoms with Crippen LogP contribution >= 0.6 is 22.6 Å². The summed E-state index contributed by atoms with van der Waals surface area (Å²) in [7, 11) is 0. The Bertz CT molecular complexity index is 1150. The zero-order chi connectivity index (χ0) is 24.2. The summed E-state index contributed by atoms with van der Waals surface area (Å²) in [4.78, 5) is 22.6. The quantitative estimate of drug-likeness (QED) is 0.440. The predicted molar refractivity (Wildman–Crippen MR) is 143 cm³/mol. The van der Waals surface area contributed by atoms with Gasteiger partial charge in [0.05, 0.1) is 11.3 Å². The molecule has 1 N–H and O–H groups in total. The molecular weight excluding hydrogens is 561 g/mol. The molecule has 6 rings (SSSR count). The van der Waals surface area contributed by atoms with Crippen LogP contribution in [0.25, 0.3) is 0 Å². The first-order valence-corrected chi connectivity index (χ1v) is 13.9. The van der Waals surface area contributed by atoms with Crippen molar-refractivity contribution in [3.63, 3.8) is 0 Å². The Morgan fingerprint density at radius 3 is 2.37 bits per heavy atom. The van der Waals surface area contributed by atoms with Gasteiger partial charge in [0.2, 0.25) is 0 Å². The number of fused-ring (bicyclic) bond motifs is 1. The molecule has 0 unspecified atom stereocenters. The number of benzene rings is 1. The van der Waals surface area contributed by atoms with Crippen molar-refractivity contribution in [2.75, 3.05) is 41.3 Å². The number of aromatic nitrogens is 1. The molecule has 0 bridgehead atoms. The molecule has 186 valence electrons. The van der Waals surface area contributed by atoms with E-state index in [-0.39, 0.29) is 18.7 Å². The van der Waals surface area contributed by atoms with Crippen molar-refractivity contribution < 1.29 is 13.6 Å². The first-order chi connectivity index (χ1) is 16.8. The van der Waals surface area contributed by atoms with Crippen LogP contribution in [0.1, 0.15) is 66.4 Å². The second kappa shape index (κ2) is 8.85. The number of carbonyl (C=O) groups excluding carboxylic acids is 1.